The van der Waals surface area contributed by atoms with Gasteiger partial charge in [0.25, 0.3) is 0 Å². The summed E-state index contributed by atoms with van der Waals surface area (Å²) in [5.74, 6) is 0. The van der Waals surface area contributed by atoms with Crippen molar-refractivity contribution in [3.05, 3.63) is 25.3 Å². The number of allylic oxidation sites excluding steroid dienone is 2. The van der Waals surface area contributed by atoms with Crippen LogP contribution in [0.2, 0.25) is 0 Å². The van der Waals surface area contributed by atoms with Crippen molar-refractivity contribution in [3.8, 4) is 0 Å². The zero-order chi connectivity index (χ0) is 22.8. The average molecular weight is 417 g/mol. The van der Waals surface area contributed by atoms with Crippen LogP contribution in [0, 0.1) is 0 Å². The Kier molecular flexibility index (Phi) is 56.6. The summed E-state index contributed by atoms with van der Waals surface area (Å²) in [4.78, 5) is 0. The summed E-state index contributed by atoms with van der Waals surface area (Å²) in [6.45, 7) is 16.8. The van der Waals surface area contributed by atoms with E-state index < -0.39 is 0 Å². The van der Waals surface area contributed by atoms with Crippen LogP contribution in [0.3, 0.4) is 0 Å². The fourth-order valence-corrected chi connectivity index (χ4v) is 2.42. The molecule has 0 aliphatic rings. The predicted octanol–water partition coefficient (Wildman–Crippen LogP) is 7.86. The van der Waals surface area contributed by atoms with Gasteiger partial charge >= 0.3 is 0 Å². The first-order valence-corrected chi connectivity index (χ1v) is 12.1. The summed E-state index contributed by atoms with van der Waals surface area (Å²) in [6, 6.07) is 0. The molecule has 0 aromatic carbocycles. The van der Waals surface area contributed by atoms with E-state index in [1.807, 2.05) is 13.8 Å². The van der Waals surface area contributed by atoms with Gasteiger partial charge in [-0.25, -0.2) is 0 Å². The second kappa shape index (κ2) is 45.9. The Hall–Kier alpha value is -0.640. The molecule has 0 aromatic heterocycles. The van der Waals surface area contributed by atoms with Gasteiger partial charge in [0.1, 0.15) is 0 Å². The first kappa shape index (κ1) is 35.8. The molecule has 2 N–H and O–H groups in total. The molecule has 0 aliphatic heterocycles. The normalized spacial score (nSPS) is 9.17. The average Bonchev–Trinajstić information content (AvgIpc) is 2.72. The highest BCUT2D eigenvalue weighted by atomic mass is 16.5. The molecule has 0 saturated heterocycles. The van der Waals surface area contributed by atoms with Crippen molar-refractivity contribution in [2.24, 2.45) is 0 Å². The van der Waals surface area contributed by atoms with E-state index in [4.69, 9.17) is 14.9 Å². The first-order chi connectivity index (χ1) is 14.2. The van der Waals surface area contributed by atoms with Gasteiger partial charge in [-0.1, -0.05) is 103 Å². The van der Waals surface area contributed by atoms with Crippen LogP contribution in [-0.4, -0.2) is 36.6 Å². The minimum Gasteiger partial charge on any atom is -0.394 e. The highest BCUT2D eigenvalue weighted by Crippen LogP contribution is 2.08. The summed E-state index contributed by atoms with van der Waals surface area (Å²) in [7, 11) is 0. The number of aliphatic hydroxyl groups is 2. The molecule has 0 spiro atoms. The fraction of sp³-hybridized carbons (Fsp3) is 0.846. The van der Waals surface area contributed by atoms with Crippen LogP contribution in [0.1, 0.15) is 118 Å². The number of aliphatic hydroxyl groups excluding tert-OH is 2. The standard InChI is InChI=1S/C18H38O.2C3H6.C2H6O2/c1-3-5-7-9-11-13-15-17-19-18-16-14-12-10-8-6-4-2;2*1-3-2;3-1-2-4/h3-18H2,1-2H3;2*3H,1H2,2H3;3-4H,1-2H2. The second-order valence-electron chi connectivity index (χ2n) is 7.12. The minimum atomic E-state index is -0.125. The predicted molar refractivity (Wildman–Crippen MR) is 133 cm³/mol. The van der Waals surface area contributed by atoms with Crippen molar-refractivity contribution in [3.63, 3.8) is 0 Å². The van der Waals surface area contributed by atoms with E-state index >= 15 is 0 Å². The molecule has 3 nitrogen and oxygen atoms in total. The molecule has 3 heteroatoms. The zero-order valence-corrected chi connectivity index (χ0v) is 20.6. The van der Waals surface area contributed by atoms with Crippen molar-refractivity contribution >= 4 is 0 Å². The lowest BCUT2D eigenvalue weighted by atomic mass is 10.1. The van der Waals surface area contributed by atoms with Gasteiger partial charge in [-0.2, -0.15) is 0 Å². The Morgan fingerprint density at radius 1 is 0.552 bits per heavy atom. The minimum absolute atomic E-state index is 0.125. The topological polar surface area (TPSA) is 49.7 Å². The Labute approximate surface area is 184 Å². The van der Waals surface area contributed by atoms with Crippen molar-refractivity contribution in [2.45, 2.75) is 118 Å². The van der Waals surface area contributed by atoms with Gasteiger partial charge in [-0.15, -0.1) is 13.2 Å². The van der Waals surface area contributed by atoms with Crippen LogP contribution >= 0.6 is 0 Å². The number of hydrogen-bond acceptors (Lipinski definition) is 3. The molecule has 0 amide bonds. The van der Waals surface area contributed by atoms with Gasteiger partial charge in [0.2, 0.25) is 0 Å². The van der Waals surface area contributed by atoms with Crippen LogP contribution in [0.5, 0.6) is 0 Å². The molecule has 0 fully saturated rings. The molecule has 178 valence electrons. The van der Waals surface area contributed by atoms with Gasteiger partial charge in [-0.3, -0.25) is 0 Å². The van der Waals surface area contributed by atoms with E-state index in [1.165, 1.54) is 89.9 Å². The van der Waals surface area contributed by atoms with E-state index in [2.05, 4.69) is 27.0 Å². The number of hydrogen-bond donors (Lipinski definition) is 2. The molecule has 0 unspecified atom stereocenters. The highest BCUT2D eigenvalue weighted by molar-refractivity contribution is 4.52. The van der Waals surface area contributed by atoms with E-state index in [9.17, 15) is 0 Å². The Morgan fingerprint density at radius 3 is 1.03 bits per heavy atom. The van der Waals surface area contributed by atoms with Crippen molar-refractivity contribution in [1.82, 2.24) is 0 Å². The van der Waals surface area contributed by atoms with Crippen LogP contribution in [-0.2, 0) is 4.74 Å². The zero-order valence-electron chi connectivity index (χ0n) is 20.6. The van der Waals surface area contributed by atoms with Gasteiger partial charge in [-0.05, 0) is 26.7 Å². The second-order valence-corrected chi connectivity index (χ2v) is 7.12. The van der Waals surface area contributed by atoms with Crippen LogP contribution in [0.15, 0.2) is 25.3 Å². The molecule has 0 rings (SSSR count). The van der Waals surface area contributed by atoms with E-state index in [0.29, 0.717) is 0 Å². The summed E-state index contributed by atoms with van der Waals surface area (Å²) < 4.78 is 5.69. The van der Waals surface area contributed by atoms with E-state index in [0.717, 1.165) is 13.2 Å². The summed E-state index contributed by atoms with van der Waals surface area (Å²) in [6.07, 6.45) is 22.8. The third kappa shape index (κ3) is 65.7. The maximum Gasteiger partial charge on any atom is 0.0662 e. The van der Waals surface area contributed by atoms with E-state index in [1.54, 1.807) is 12.2 Å². The molecule has 0 aromatic rings. The first-order valence-electron chi connectivity index (χ1n) is 12.1. The quantitative estimate of drug-likeness (QED) is 0.187. The Bertz CT molecular complexity index is 218. The molecule has 0 saturated carbocycles. The summed E-state index contributed by atoms with van der Waals surface area (Å²) >= 11 is 0. The highest BCUT2D eigenvalue weighted by Gasteiger charge is 1.93. The van der Waals surface area contributed by atoms with Crippen molar-refractivity contribution in [2.75, 3.05) is 26.4 Å². The third-order valence-electron chi connectivity index (χ3n) is 3.88. The number of unbranched alkanes of at least 4 members (excludes halogenated alkanes) is 12. The molecule has 0 radical (unpaired) electrons. The molecule has 0 atom stereocenters. The largest absolute Gasteiger partial charge is 0.394 e. The van der Waals surface area contributed by atoms with Crippen LogP contribution < -0.4 is 0 Å². The monoisotopic (exact) mass is 416 g/mol. The Balaban J connectivity index is -0.000000259. The molecule has 29 heavy (non-hydrogen) atoms. The SMILES string of the molecule is C=CC.C=CC.CCCCCCCCCOCCCCCCCCC.OCCO. The maximum absolute atomic E-state index is 7.62. The number of ether oxygens (including phenoxy) is 1. The summed E-state index contributed by atoms with van der Waals surface area (Å²) in [5, 5.41) is 15.2. The van der Waals surface area contributed by atoms with Gasteiger partial charge in [0, 0.05) is 13.2 Å². The molecule has 0 aliphatic carbocycles. The molecule has 0 heterocycles. The van der Waals surface area contributed by atoms with Crippen molar-refractivity contribution in [1.29, 1.82) is 0 Å². The lowest BCUT2D eigenvalue weighted by molar-refractivity contribution is 0.125. The van der Waals surface area contributed by atoms with Gasteiger partial charge in [0.15, 0.2) is 0 Å². The van der Waals surface area contributed by atoms with Crippen LogP contribution in [0.25, 0.3) is 0 Å². The van der Waals surface area contributed by atoms with Gasteiger partial charge in [0.05, 0.1) is 13.2 Å². The Morgan fingerprint density at radius 2 is 0.793 bits per heavy atom. The molecular formula is C26H56O3. The van der Waals surface area contributed by atoms with Crippen LogP contribution in [0.4, 0.5) is 0 Å². The fourth-order valence-electron chi connectivity index (χ4n) is 2.42. The third-order valence-corrected chi connectivity index (χ3v) is 3.88. The summed E-state index contributed by atoms with van der Waals surface area (Å²) in [5.41, 5.74) is 0. The van der Waals surface area contributed by atoms with E-state index in [-0.39, 0.29) is 13.2 Å². The van der Waals surface area contributed by atoms with Gasteiger partial charge < -0.3 is 14.9 Å². The molecule has 0 bridgehead atoms. The lowest BCUT2D eigenvalue weighted by Crippen LogP contribution is -1.97. The maximum atomic E-state index is 7.62. The molecular weight excluding hydrogens is 360 g/mol. The van der Waals surface area contributed by atoms with Crippen molar-refractivity contribution < 1.29 is 14.9 Å². The smallest absolute Gasteiger partial charge is 0.0662 e. The lowest BCUT2D eigenvalue weighted by Gasteiger charge is -2.04. The number of rotatable bonds is 17.